The Kier molecular flexibility index (Phi) is 5.89. The van der Waals surface area contributed by atoms with Gasteiger partial charge < -0.3 is 15.4 Å². The monoisotopic (exact) mass is 356 g/mol. The lowest BCUT2D eigenvalue weighted by Gasteiger charge is -2.34. The van der Waals surface area contributed by atoms with Crippen LogP contribution in [0.1, 0.15) is 35.7 Å². The number of para-hydroxylation sites is 1. The number of carbonyl (C=O) groups is 1. The summed E-state index contributed by atoms with van der Waals surface area (Å²) in [6, 6.07) is 13.6. The van der Waals surface area contributed by atoms with Crippen molar-refractivity contribution in [2.75, 3.05) is 13.1 Å². The third-order valence-corrected chi connectivity index (χ3v) is 5.00. The molecule has 0 saturated carbocycles. The van der Waals surface area contributed by atoms with Crippen molar-refractivity contribution in [3.05, 3.63) is 65.5 Å². The van der Waals surface area contributed by atoms with E-state index in [4.69, 9.17) is 10.5 Å². The van der Waals surface area contributed by atoms with Gasteiger partial charge in [-0.05, 0) is 55.5 Å². The molecule has 26 heavy (non-hydrogen) atoms. The molecule has 0 bridgehead atoms. The molecule has 138 valence electrons. The average Bonchev–Trinajstić information content (AvgIpc) is 2.67. The zero-order valence-electron chi connectivity index (χ0n) is 15.0. The van der Waals surface area contributed by atoms with E-state index in [0.717, 1.165) is 31.5 Å². The number of ether oxygens (including phenoxy) is 1. The topological polar surface area (TPSA) is 55.6 Å². The van der Waals surface area contributed by atoms with E-state index in [-0.39, 0.29) is 24.4 Å². The van der Waals surface area contributed by atoms with Crippen molar-refractivity contribution in [2.45, 2.75) is 32.4 Å². The van der Waals surface area contributed by atoms with E-state index in [0.29, 0.717) is 17.2 Å². The highest BCUT2D eigenvalue weighted by Gasteiger charge is 2.26. The van der Waals surface area contributed by atoms with Crippen molar-refractivity contribution in [3.8, 4) is 5.75 Å². The number of amides is 1. The third-order valence-electron chi connectivity index (χ3n) is 5.00. The van der Waals surface area contributed by atoms with Gasteiger partial charge in [-0.3, -0.25) is 4.79 Å². The normalized spacial score (nSPS) is 16.3. The van der Waals surface area contributed by atoms with Gasteiger partial charge in [-0.1, -0.05) is 24.3 Å². The van der Waals surface area contributed by atoms with Gasteiger partial charge in [0.15, 0.2) is 0 Å². The molecular weight excluding hydrogens is 331 g/mol. The predicted octanol–water partition coefficient (Wildman–Crippen LogP) is 3.60. The van der Waals surface area contributed by atoms with Gasteiger partial charge in [0.1, 0.15) is 18.2 Å². The number of nitrogens with zero attached hydrogens (tertiary/aromatic N) is 1. The first-order valence-corrected chi connectivity index (χ1v) is 9.05. The van der Waals surface area contributed by atoms with Crippen LogP contribution >= 0.6 is 0 Å². The van der Waals surface area contributed by atoms with E-state index in [2.05, 4.69) is 0 Å². The van der Waals surface area contributed by atoms with Crippen LogP contribution in [0, 0.1) is 11.7 Å². The molecule has 1 amide bonds. The average molecular weight is 356 g/mol. The van der Waals surface area contributed by atoms with E-state index in [1.807, 2.05) is 24.0 Å². The number of piperidine rings is 1. The molecule has 0 spiro atoms. The smallest absolute Gasteiger partial charge is 0.257 e. The second-order valence-corrected chi connectivity index (χ2v) is 6.90. The zero-order chi connectivity index (χ0) is 18.5. The minimum atomic E-state index is -0.278. The van der Waals surface area contributed by atoms with Gasteiger partial charge in [-0.2, -0.15) is 0 Å². The summed E-state index contributed by atoms with van der Waals surface area (Å²) in [5.74, 6) is 0.738. The summed E-state index contributed by atoms with van der Waals surface area (Å²) < 4.78 is 18.8. The summed E-state index contributed by atoms with van der Waals surface area (Å²) in [6.07, 6.45) is 1.87. The van der Waals surface area contributed by atoms with Gasteiger partial charge in [0.25, 0.3) is 5.91 Å². The zero-order valence-corrected chi connectivity index (χ0v) is 15.0. The van der Waals surface area contributed by atoms with E-state index in [1.54, 1.807) is 24.3 Å². The van der Waals surface area contributed by atoms with Crippen LogP contribution in [0.15, 0.2) is 48.5 Å². The van der Waals surface area contributed by atoms with Crippen LogP contribution in [0.25, 0.3) is 0 Å². The highest BCUT2D eigenvalue weighted by Crippen LogP contribution is 2.25. The van der Waals surface area contributed by atoms with Crippen molar-refractivity contribution in [3.63, 3.8) is 0 Å². The minimum absolute atomic E-state index is 0.0113. The van der Waals surface area contributed by atoms with Crippen molar-refractivity contribution >= 4 is 5.91 Å². The number of hydrogen-bond donors (Lipinski definition) is 1. The number of rotatable bonds is 5. The number of halogens is 1. The Morgan fingerprint density at radius 2 is 1.85 bits per heavy atom. The maximum Gasteiger partial charge on any atom is 0.257 e. The van der Waals surface area contributed by atoms with Crippen LogP contribution in [0.5, 0.6) is 5.75 Å². The van der Waals surface area contributed by atoms with E-state index < -0.39 is 0 Å². The highest BCUT2D eigenvalue weighted by molar-refractivity contribution is 5.97. The molecule has 1 heterocycles. The fourth-order valence-electron chi connectivity index (χ4n) is 3.31. The quantitative estimate of drug-likeness (QED) is 0.890. The summed E-state index contributed by atoms with van der Waals surface area (Å²) in [6.45, 7) is 3.76. The third kappa shape index (κ3) is 4.41. The Labute approximate surface area is 153 Å². The molecule has 5 heteroatoms. The highest BCUT2D eigenvalue weighted by atomic mass is 19.1. The maximum atomic E-state index is 13.0. The molecule has 4 nitrogen and oxygen atoms in total. The van der Waals surface area contributed by atoms with Gasteiger partial charge in [0.2, 0.25) is 0 Å². The van der Waals surface area contributed by atoms with E-state index in [9.17, 15) is 9.18 Å². The van der Waals surface area contributed by atoms with Crippen molar-refractivity contribution < 1.29 is 13.9 Å². The summed E-state index contributed by atoms with van der Waals surface area (Å²) in [5, 5.41) is 0. The number of likely N-dealkylation sites (tertiary alicyclic amines) is 1. The molecule has 1 aliphatic rings. The lowest BCUT2D eigenvalue weighted by molar-refractivity contribution is 0.0676. The number of nitrogens with two attached hydrogens (primary N) is 1. The number of carbonyl (C=O) groups excluding carboxylic acids is 1. The van der Waals surface area contributed by atoms with Gasteiger partial charge >= 0.3 is 0 Å². The predicted molar refractivity (Wildman–Crippen MR) is 99.5 cm³/mol. The van der Waals surface area contributed by atoms with Gasteiger partial charge in [-0.25, -0.2) is 4.39 Å². The summed E-state index contributed by atoms with van der Waals surface area (Å²) in [7, 11) is 0. The molecule has 0 aliphatic carbocycles. The minimum Gasteiger partial charge on any atom is -0.488 e. The SMILES string of the molecule is CC(N)C1CCN(C(=O)c2ccccc2OCc2ccc(F)cc2)CC1. The molecule has 1 saturated heterocycles. The maximum absolute atomic E-state index is 13.0. The van der Waals surface area contributed by atoms with Gasteiger partial charge in [-0.15, -0.1) is 0 Å². The van der Waals surface area contributed by atoms with Crippen molar-refractivity contribution in [2.24, 2.45) is 11.7 Å². The molecule has 1 fully saturated rings. The van der Waals surface area contributed by atoms with Crippen LogP contribution < -0.4 is 10.5 Å². The molecule has 1 unspecified atom stereocenters. The molecule has 0 aromatic heterocycles. The second-order valence-electron chi connectivity index (χ2n) is 6.90. The lowest BCUT2D eigenvalue weighted by atomic mass is 9.90. The van der Waals surface area contributed by atoms with Crippen LogP contribution in [0.2, 0.25) is 0 Å². The van der Waals surface area contributed by atoms with Crippen LogP contribution in [-0.4, -0.2) is 29.9 Å². The first-order chi connectivity index (χ1) is 12.5. The molecule has 2 N–H and O–H groups in total. The van der Waals surface area contributed by atoms with E-state index in [1.165, 1.54) is 12.1 Å². The summed E-state index contributed by atoms with van der Waals surface area (Å²) in [5.41, 5.74) is 7.40. The van der Waals surface area contributed by atoms with Crippen LogP contribution in [-0.2, 0) is 6.61 Å². The van der Waals surface area contributed by atoms with Crippen LogP contribution in [0.3, 0.4) is 0 Å². The molecular formula is C21H25FN2O2. The molecule has 2 aromatic rings. The van der Waals surface area contributed by atoms with Crippen molar-refractivity contribution in [1.29, 1.82) is 0 Å². The molecule has 1 aliphatic heterocycles. The fraction of sp³-hybridized carbons (Fsp3) is 0.381. The standard InChI is InChI=1S/C21H25FN2O2/c1-15(23)17-10-12-24(13-11-17)21(25)19-4-2-3-5-20(19)26-14-16-6-8-18(22)9-7-16/h2-9,15,17H,10-14,23H2,1H3. The molecule has 1 atom stereocenters. The Hall–Kier alpha value is -2.40. The van der Waals surface area contributed by atoms with Crippen molar-refractivity contribution in [1.82, 2.24) is 4.90 Å². The Morgan fingerprint density at radius 1 is 1.19 bits per heavy atom. The molecule has 3 rings (SSSR count). The van der Waals surface area contributed by atoms with Crippen LogP contribution in [0.4, 0.5) is 4.39 Å². The van der Waals surface area contributed by atoms with Gasteiger partial charge in [0, 0.05) is 19.1 Å². The molecule has 0 radical (unpaired) electrons. The Morgan fingerprint density at radius 3 is 2.50 bits per heavy atom. The summed E-state index contributed by atoms with van der Waals surface area (Å²) >= 11 is 0. The number of benzene rings is 2. The first-order valence-electron chi connectivity index (χ1n) is 9.05. The second kappa shape index (κ2) is 8.32. The summed E-state index contributed by atoms with van der Waals surface area (Å²) in [4.78, 5) is 14.8. The van der Waals surface area contributed by atoms with Gasteiger partial charge in [0.05, 0.1) is 5.56 Å². The number of hydrogen-bond acceptors (Lipinski definition) is 3. The Bertz CT molecular complexity index is 738. The largest absolute Gasteiger partial charge is 0.488 e. The first kappa shape index (κ1) is 18.4. The lowest BCUT2D eigenvalue weighted by Crippen LogP contribution is -2.42. The fourth-order valence-corrected chi connectivity index (χ4v) is 3.31. The Balaban J connectivity index is 1.66. The van der Waals surface area contributed by atoms with E-state index >= 15 is 0 Å². The molecule has 2 aromatic carbocycles.